The van der Waals surface area contributed by atoms with Crippen LogP contribution >= 0.6 is 0 Å². The fourth-order valence-electron chi connectivity index (χ4n) is 2.51. The molecule has 0 amide bonds. The maximum Gasteiger partial charge on any atom is 0.197 e. The van der Waals surface area contributed by atoms with E-state index < -0.39 is 8.32 Å². The highest BCUT2D eigenvalue weighted by Gasteiger charge is 2.37. The molecule has 3 heteroatoms. The fraction of sp³-hybridized carbons (Fsp3) is 0.929. The second-order valence-electron chi connectivity index (χ2n) is 5.78. The van der Waals surface area contributed by atoms with E-state index in [1.165, 1.54) is 19.3 Å². The van der Waals surface area contributed by atoms with Crippen LogP contribution in [0.3, 0.4) is 0 Å². The van der Waals surface area contributed by atoms with Crippen LogP contribution in [0.5, 0.6) is 0 Å². The molecule has 0 fully saturated rings. The average Bonchev–Trinajstić information content (AvgIpc) is 2.14. The summed E-state index contributed by atoms with van der Waals surface area (Å²) < 4.78 is 6.04. The molecule has 1 unspecified atom stereocenters. The molecular formula is C14H30O2Si. The zero-order valence-electron chi connectivity index (χ0n) is 12.5. The van der Waals surface area contributed by atoms with Crippen molar-refractivity contribution < 1.29 is 9.22 Å². The number of hydrogen-bond acceptors (Lipinski definition) is 2. The van der Waals surface area contributed by atoms with Gasteiger partial charge in [0.25, 0.3) is 0 Å². The standard InChI is InChI=1S/C14H30O2Si/c1-7-8-9-10-11-14(13(4)15)17(5,6)16-12(2)3/h12,14H,7-11H2,1-6H3. The normalized spacial score (nSPS) is 14.1. The van der Waals surface area contributed by atoms with E-state index in [-0.39, 0.29) is 11.6 Å². The van der Waals surface area contributed by atoms with Gasteiger partial charge in [-0.05, 0) is 40.3 Å². The summed E-state index contributed by atoms with van der Waals surface area (Å²) in [5, 5.41) is 0. The Morgan fingerprint density at radius 3 is 2.18 bits per heavy atom. The number of unbranched alkanes of at least 4 members (excludes halogenated alkanes) is 3. The van der Waals surface area contributed by atoms with E-state index in [4.69, 9.17) is 4.43 Å². The molecule has 0 saturated heterocycles. The molecule has 1 atom stereocenters. The van der Waals surface area contributed by atoms with E-state index in [1.54, 1.807) is 6.92 Å². The summed E-state index contributed by atoms with van der Waals surface area (Å²) in [6.07, 6.45) is 6.17. The van der Waals surface area contributed by atoms with Crippen LogP contribution in [0.1, 0.15) is 59.8 Å². The van der Waals surface area contributed by atoms with Crippen LogP contribution in [0.15, 0.2) is 0 Å². The average molecular weight is 258 g/mol. The summed E-state index contributed by atoms with van der Waals surface area (Å²) >= 11 is 0. The molecule has 0 spiro atoms. The second kappa shape index (κ2) is 8.04. The smallest absolute Gasteiger partial charge is 0.197 e. The summed E-state index contributed by atoms with van der Waals surface area (Å²) in [5.74, 6) is 0.318. The zero-order chi connectivity index (χ0) is 13.5. The highest BCUT2D eigenvalue weighted by Crippen LogP contribution is 2.30. The number of hydrogen-bond donors (Lipinski definition) is 0. The van der Waals surface area contributed by atoms with Crippen LogP contribution in [0.4, 0.5) is 0 Å². The minimum atomic E-state index is -1.87. The van der Waals surface area contributed by atoms with Gasteiger partial charge < -0.3 is 4.43 Å². The van der Waals surface area contributed by atoms with Crippen LogP contribution in [-0.4, -0.2) is 20.2 Å². The maximum atomic E-state index is 11.8. The van der Waals surface area contributed by atoms with Crippen molar-refractivity contribution >= 4 is 14.1 Å². The third kappa shape index (κ3) is 6.99. The number of carbonyl (C=O) groups excluding carboxylic acids is 1. The molecule has 0 radical (unpaired) electrons. The van der Waals surface area contributed by atoms with Gasteiger partial charge in [0.15, 0.2) is 8.32 Å². The van der Waals surface area contributed by atoms with Gasteiger partial charge in [-0.2, -0.15) is 0 Å². The van der Waals surface area contributed by atoms with E-state index in [9.17, 15) is 4.79 Å². The van der Waals surface area contributed by atoms with Crippen molar-refractivity contribution in [2.75, 3.05) is 0 Å². The van der Waals surface area contributed by atoms with Gasteiger partial charge in [-0.25, -0.2) is 0 Å². The molecule has 17 heavy (non-hydrogen) atoms. The molecule has 0 aromatic heterocycles. The highest BCUT2D eigenvalue weighted by atomic mass is 28.4. The first-order valence-electron chi connectivity index (χ1n) is 6.99. The lowest BCUT2D eigenvalue weighted by atomic mass is 10.1. The molecule has 0 bridgehead atoms. The Morgan fingerprint density at radius 2 is 1.76 bits per heavy atom. The van der Waals surface area contributed by atoms with E-state index >= 15 is 0 Å². The zero-order valence-corrected chi connectivity index (χ0v) is 13.5. The first kappa shape index (κ1) is 16.8. The minimum Gasteiger partial charge on any atom is -0.414 e. The van der Waals surface area contributed by atoms with Gasteiger partial charge in [-0.3, -0.25) is 4.79 Å². The molecule has 0 saturated carbocycles. The van der Waals surface area contributed by atoms with Gasteiger partial charge >= 0.3 is 0 Å². The van der Waals surface area contributed by atoms with Gasteiger partial charge in [-0.1, -0.05) is 32.6 Å². The molecule has 0 N–H and O–H groups in total. The number of rotatable bonds is 9. The summed E-state index contributed by atoms with van der Waals surface area (Å²) in [7, 11) is -1.87. The Balaban J connectivity index is 4.35. The first-order valence-corrected chi connectivity index (χ1v) is 9.98. The van der Waals surface area contributed by atoms with Crippen molar-refractivity contribution in [2.24, 2.45) is 0 Å². The second-order valence-corrected chi connectivity index (χ2v) is 9.92. The summed E-state index contributed by atoms with van der Waals surface area (Å²) in [5.41, 5.74) is 0.168. The van der Waals surface area contributed by atoms with Crippen LogP contribution < -0.4 is 0 Å². The topological polar surface area (TPSA) is 26.3 Å². The third-order valence-electron chi connectivity index (χ3n) is 3.22. The lowest BCUT2D eigenvalue weighted by Crippen LogP contribution is -2.41. The molecule has 102 valence electrons. The van der Waals surface area contributed by atoms with Crippen LogP contribution in [0.2, 0.25) is 18.6 Å². The van der Waals surface area contributed by atoms with E-state index in [0.29, 0.717) is 5.78 Å². The Labute approximate surface area is 108 Å². The largest absolute Gasteiger partial charge is 0.414 e. The fourth-order valence-corrected chi connectivity index (χ4v) is 5.76. The Bertz CT molecular complexity index is 224. The highest BCUT2D eigenvalue weighted by molar-refractivity contribution is 6.76. The molecular weight excluding hydrogens is 228 g/mol. The third-order valence-corrected chi connectivity index (χ3v) is 6.67. The molecule has 0 aliphatic rings. The molecule has 2 nitrogen and oxygen atoms in total. The Hall–Kier alpha value is -0.153. The van der Waals surface area contributed by atoms with Gasteiger partial charge in [0, 0.05) is 11.6 Å². The lowest BCUT2D eigenvalue weighted by Gasteiger charge is -2.32. The van der Waals surface area contributed by atoms with Crippen molar-refractivity contribution in [1.29, 1.82) is 0 Å². The van der Waals surface area contributed by atoms with Crippen LogP contribution in [0, 0.1) is 0 Å². The summed E-state index contributed by atoms with van der Waals surface area (Å²) in [6, 6.07) is 0. The molecule has 0 aromatic carbocycles. The molecule has 0 aliphatic heterocycles. The lowest BCUT2D eigenvalue weighted by molar-refractivity contribution is -0.117. The Morgan fingerprint density at radius 1 is 1.18 bits per heavy atom. The predicted molar refractivity (Wildman–Crippen MR) is 76.9 cm³/mol. The Kier molecular flexibility index (Phi) is 7.97. The van der Waals surface area contributed by atoms with Crippen LogP contribution in [-0.2, 0) is 9.22 Å². The van der Waals surface area contributed by atoms with E-state index in [2.05, 4.69) is 33.9 Å². The van der Waals surface area contributed by atoms with Gasteiger partial charge in [-0.15, -0.1) is 0 Å². The van der Waals surface area contributed by atoms with Crippen molar-refractivity contribution in [3.05, 3.63) is 0 Å². The SMILES string of the molecule is CCCCCCC(C(C)=O)[Si](C)(C)OC(C)C. The van der Waals surface area contributed by atoms with E-state index in [1.807, 2.05) is 0 Å². The summed E-state index contributed by atoms with van der Waals surface area (Å²) in [6.45, 7) is 12.4. The van der Waals surface area contributed by atoms with Crippen molar-refractivity contribution in [1.82, 2.24) is 0 Å². The van der Waals surface area contributed by atoms with Gasteiger partial charge in [0.2, 0.25) is 0 Å². The van der Waals surface area contributed by atoms with Gasteiger partial charge in [0.1, 0.15) is 5.78 Å². The van der Waals surface area contributed by atoms with Gasteiger partial charge in [0.05, 0.1) is 0 Å². The first-order chi connectivity index (χ1) is 7.81. The molecule has 0 aromatic rings. The van der Waals surface area contributed by atoms with Crippen molar-refractivity contribution in [2.45, 2.75) is 84.5 Å². The quantitative estimate of drug-likeness (QED) is 0.448. The van der Waals surface area contributed by atoms with E-state index in [0.717, 1.165) is 12.8 Å². The maximum absolute atomic E-state index is 11.8. The van der Waals surface area contributed by atoms with Crippen LogP contribution in [0.25, 0.3) is 0 Å². The van der Waals surface area contributed by atoms with Crippen molar-refractivity contribution in [3.8, 4) is 0 Å². The number of Topliss-reactive ketones (excluding diaryl/α,β-unsaturated/α-hetero) is 1. The predicted octanol–water partition coefficient (Wildman–Crippen LogP) is 4.55. The monoisotopic (exact) mass is 258 g/mol. The molecule has 0 aliphatic carbocycles. The summed E-state index contributed by atoms with van der Waals surface area (Å²) in [4.78, 5) is 11.8. The molecule has 0 rings (SSSR count). The molecule has 0 heterocycles. The minimum absolute atomic E-state index is 0.168. The van der Waals surface area contributed by atoms with Crippen molar-refractivity contribution in [3.63, 3.8) is 0 Å². The number of ketones is 1. The number of carbonyl (C=O) groups is 1.